The van der Waals surface area contributed by atoms with Crippen LogP contribution >= 0.6 is 11.8 Å². The van der Waals surface area contributed by atoms with Gasteiger partial charge < -0.3 is 0 Å². The zero-order valence-electron chi connectivity index (χ0n) is 21.5. The topological polar surface area (TPSA) is 12.9 Å². The van der Waals surface area contributed by atoms with E-state index in [0.717, 1.165) is 18.0 Å². The quantitative estimate of drug-likeness (QED) is 0.229. The molecule has 0 amide bonds. The van der Waals surface area contributed by atoms with Gasteiger partial charge in [0, 0.05) is 26.9 Å². The maximum absolute atomic E-state index is 5.00. The Hall–Kier alpha value is -2.84. The zero-order valence-corrected chi connectivity index (χ0v) is 22.3. The highest BCUT2D eigenvalue weighted by Crippen LogP contribution is 2.51. The van der Waals surface area contributed by atoms with Crippen molar-refractivity contribution < 1.29 is 0 Å². The van der Waals surface area contributed by atoms with Crippen molar-refractivity contribution in [3.63, 3.8) is 0 Å². The van der Waals surface area contributed by atoms with Crippen LogP contribution in [0.2, 0.25) is 0 Å². The highest BCUT2D eigenvalue weighted by atomic mass is 32.2. The summed E-state index contributed by atoms with van der Waals surface area (Å²) >= 11 is 1.94. The van der Waals surface area contributed by atoms with E-state index in [9.17, 15) is 0 Å². The van der Waals surface area contributed by atoms with Gasteiger partial charge in [-0.15, -0.1) is 0 Å². The molecule has 1 aliphatic carbocycles. The van der Waals surface area contributed by atoms with Gasteiger partial charge in [0.1, 0.15) is 0 Å². The largest absolute Gasteiger partial charge is 0.256 e. The average molecular weight is 488 g/mol. The predicted molar refractivity (Wildman–Crippen MR) is 155 cm³/mol. The first-order valence-electron chi connectivity index (χ1n) is 13.6. The van der Waals surface area contributed by atoms with E-state index in [2.05, 4.69) is 75.4 Å². The molecule has 2 heterocycles. The lowest BCUT2D eigenvalue weighted by Gasteiger charge is -2.23. The minimum atomic E-state index is 0.658. The first-order valence-corrected chi connectivity index (χ1v) is 14.5. The first-order chi connectivity index (χ1) is 17.5. The molecule has 5 aromatic rings. The van der Waals surface area contributed by atoms with E-state index in [1.807, 2.05) is 18.0 Å². The van der Waals surface area contributed by atoms with E-state index < -0.39 is 0 Å². The molecule has 180 valence electrons. The molecule has 1 nitrogen and oxygen atoms in total. The molecule has 1 fully saturated rings. The van der Waals surface area contributed by atoms with Crippen LogP contribution < -0.4 is 0 Å². The fourth-order valence-corrected chi connectivity index (χ4v) is 7.95. The predicted octanol–water partition coefficient (Wildman–Crippen LogP) is 9.91. The Kier molecular flexibility index (Phi) is 5.36. The molecule has 0 atom stereocenters. The molecule has 0 N–H and O–H groups in total. The van der Waals surface area contributed by atoms with Crippen molar-refractivity contribution in [2.45, 2.75) is 69.1 Å². The second-order valence-electron chi connectivity index (χ2n) is 11.5. The zero-order chi connectivity index (χ0) is 24.4. The van der Waals surface area contributed by atoms with Crippen molar-refractivity contribution in [2.75, 3.05) is 0 Å². The van der Waals surface area contributed by atoms with Gasteiger partial charge in [-0.2, -0.15) is 0 Å². The Morgan fingerprint density at radius 2 is 1.69 bits per heavy atom. The van der Waals surface area contributed by atoms with Crippen LogP contribution in [0.1, 0.15) is 56.2 Å². The lowest BCUT2D eigenvalue weighted by atomic mass is 9.91. The molecule has 4 aromatic carbocycles. The third-order valence-electron chi connectivity index (χ3n) is 8.41. The lowest BCUT2D eigenvalue weighted by Crippen LogP contribution is -2.01. The van der Waals surface area contributed by atoms with Gasteiger partial charge in [-0.3, -0.25) is 4.98 Å². The molecule has 36 heavy (non-hydrogen) atoms. The molecule has 1 aromatic heterocycles. The summed E-state index contributed by atoms with van der Waals surface area (Å²) in [6.45, 7) is 6.88. The van der Waals surface area contributed by atoms with E-state index in [1.165, 1.54) is 96.5 Å². The van der Waals surface area contributed by atoms with Crippen molar-refractivity contribution >= 4 is 44.1 Å². The number of pyridine rings is 1. The minimum Gasteiger partial charge on any atom is -0.256 e. The van der Waals surface area contributed by atoms with Crippen LogP contribution in [0.5, 0.6) is 0 Å². The van der Waals surface area contributed by atoms with Gasteiger partial charge in [0.05, 0.1) is 5.69 Å². The van der Waals surface area contributed by atoms with Gasteiger partial charge in [-0.1, -0.05) is 87.7 Å². The average Bonchev–Trinajstić information content (AvgIpc) is 3.38. The fraction of sp³-hybridized carbons (Fsp3) is 0.324. The summed E-state index contributed by atoms with van der Waals surface area (Å²) in [5.74, 6) is 1.52. The molecule has 1 saturated carbocycles. The van der Waals surface area contributed by atoms with E-state index in [4.69, 9.17) is 4.98 Å². The van der Waals surface area contributed by atoms with Crippen LogP contribution in [0.25, 0.3) is 43.6 Å². The molecule has 2 aliphatic rings. The van der Waals surface area contributed by atoms with Crippen molar-refractivity contribution in [2.24, 2.45) is 11.8 Å². The number of hydrogen-bond acceptors (Lipinski definition) is 2. The summed E-state index contributed by atoms with van der Waals surface area (Å²) in [5, 5.41) is 8.11. The standard InChI is InChI=1S/C34H33NS/c1-20(2)14-23-9-11-27-21(3)34-30(18-26(27)16-23)33-32-28(12-13-35-33)29-17-24(15-22-6-4-5-7-22)8-10-25(29)19-31(32)36-34/h8-13,16-20,22H,4-7,14-15H2,1-3H3. The van der Waals surface area contributed by atoms with E-state index in [-0.39, 0.29) is 0 Å². The number of aromatic nitrogens is 1. The van der Waals surface area contributed by atoms with Crippen LogP contribution in [0.3, 0.4) is 0 Å². The van der Waals surface area contributed by atoms with Crippen molar-refractivity contribution in [3.05, 3.63) is 77.5 Å². The molecule has 0 unspecified atom stereocenters. The Morgan fingerprint density at radius 1 is 0.861 bits per heavy atom. The maximum Gasteiger partial charge on any atom is 0.0803 e. The Balaban J connectivity index is 1.42. The van der Waals surface area contributed by atoms with Gasteiger partial charge in [0.15, 0.2) is 0 Å². The summed E-state index contributed by atoms with van der Waals surface area (Å²) in [4.78, 5) is 7.70. The monoisotopic (exact) mass is 487 g/mol. The van der Waals surface area contributed by atoms with E-state index >= 15 is 0 Å². The van der Waals surface area contributed by atoms with Crippen molar-refractivity contribution in [1.29, 1.82) is 0 Å². The third-order valence-corrected chi connectivity index (χ3v) is 9.68. The number of fused-ring (bicyclic) bond motifs is 5. The Bertz CT molecular complexity index is 1660. The van der Waals surface area contributed by atoms with Crippen LogP contribution in [0, 0.1) is 18.8 Å². The van der Waals surface area contributed by atoms with Crippen molar-refractivity contribution in [1.82, 2.24) is 4.98 Å². The van der Waals surface area contributed by atoms with Gasteiger partial charge in [0.25, 0.3) is 0 Å². The molecular formula is C34H33NS. The number of rotatable bonds is 4. The normalized spacial score (nSPS) is 15.4. The Morgan fingerprint density at radius 3 is 2.53 bits per heavy atom. The molecule has 0 radical (unpaired) electrons. The van der Waals surface area contributed by atoms with Gasteiger partial charge >= 0.3 is 0 Å². The van der Waals surface area contributed by atoms with E-state index in [1.54, 1.807) is 0 Å². The summed E-state index contributed by atoms with van der Waals surface area (Å²) < 4.78 is 0. The fourth-order valence-electron chi connectivity index (χ4n) is 6.71. The molecule has 0 spiro atoms. The molecule has 2 heteroatoms. The Labute approximate surface area is 218 Å². The SMILES string of the molecule is Cc1c2c(cc3cc(CC(C)C)ccc13)-c1nccc3c1c(cc1ccc(CC4CCCC4)cc13)S2. The van der Waals surface area contributed by atoms with Crippen LogP contribution in [0.15, 0.2) is 70.6 Å². The molecule has 0 saturated heterocycles. The minimum absolute atomic E-state index is 0.658. The molecule has 1 aliphatic heterocycles. The number of benzene rings is 4. The van der Waals surface area contributed by atoms with Gasteiger partial charge in [-0.25, -0.2) is 0 Å². The molecular weight excluding hydrogens is 454 g/mol. The van der Waals surface area contributed by atoms with Gasteiger partial charge in [0.2, 0.25) is 0 Å². The number of hydrogen-bond donors (Lipinski definition) is 0. The summed E-state index contributed by atoms with van der Waals surface area (Å²) in [6.07, 6.45) is 9.97. The second kappa shape index (κ2) is 8.63. The van der Waals surface area contributed by atoms with Crippen LogP contribution in [0.4, 0.5) is 0 Å². The molecule has 7 rings (SSSR count). The third kappa shape index (κ3) is 3.65. The highest BCUT2D eigenvalue weighted by molar-refractivity contribution is 8.00. The highest BCUT2D eigenvalue weighted by Gasteiger charge is 2.25. The van der Waals surface area contributed by atoms with Crippen molar-refractivity contribution in [3.8, 4) is 11.3 Å². The summed E-state index contributed by atoms with van der Waals surface area (Å²) in [5.41, 5.74) is 6.74. The summed E-state index contributed by atoms with van der Waals surface area (Å²) in [6, 6.07) is 21.3. The smallest absolute Gasteiger partial charge is 0.0803 e. The second-order valence-corrected chi connectivity index (χ2v) is 12.6. The number of aryl methyl sites for hydroxylation is 1. The van der Waals surface area contributed by atoms with E-state index in [0.29, 0.717) is 5.92 Å². The molecule has 0 bridgehead atoms. The summed E-state index contributed by atoms with van der Waals surface area (Å²) in [7, 11) is 0. The first kappa shape index (κ1) is 22.4. The number of nitrogens with zero attached hydrogens (tertiary/aromatic N) is 1. The lowest BCUT2D eigenvalue weighted by molar-refractivity contribution is 0.547. The maximum atomic E-state index is 5.00. The van der Waals surface area contributed by atoms with Crippen LogP contribution in [-0.2, 0) is 12.8 Å². The van der Waals surface area contributed by atoms with Crippen LogP contribution in [-0.4, -0.2) is 4.98 Å². The van der Waals surface area contributed by atoms with Gasteiger partial charge in [-0.05, 0) is 93.4 Å².